The minimum Gasteiger partial charge on any atom is -0.497 e. The molecule has 30 heavy (non-hydrogen) atoms. The number of anilines is 1. The number of hydrogen-bond donors (Lipinski definition) is 1. The zero-order valence-corrected chi connectivity index (χ0v) is 18.4. The lowest BCUT2D eigenvalue weighted by molar-refractivity contribution is -0.132. The Labute approximate surface area is 180 Å². The van der Waals surface area contributed by atoms with E-state index in [2.05, 4.69) is 10.3 Å². The van der Waals surface area contributed by atoms with E-state index >= 15 is 0 Å². The second-order valence-electron chi connectivity index (χ2n) is 7.11. The number of carbonyl (C=O) groups excluding carboxylic acids is 2. The summed E-state index contributed by atoms with van der Waals surface area (Å²) in [5, 5.41) is 5.63. The number of ether oxygens (including phenoxy) is 1. The Bertz CT molecular complexity index is 1020. The molecule has 7 heteroatoms. The second kappa shape index (κ2) is 9.54. The number of hydrogen-bond acceptors (Lipinski definition) is 5. The molecule has 156 valence electrons. The first-order chi connectivity index (χ1) is 14.4. The van der Waals surface area contributed by atoms with E-state index in [9.17, 15) is 9.59 Å². The van der Waals surface area contributed by atoms with Gasteiger partial charge >= 0.3 is 0 Å². The normalized spacial score (nSPS) is 10.5. The maximum atomic E-state index is 12.6. The van der Waals surface area contributed by atoms with Crippen molar-refractivity contribution in [3.05, 3.63) is 64.7 Å². The number of methoxy groups -OCH3 is 1. The Kier molecular flexibility index (Phi) is 6.84. The lowest BCUT2D eigenvalue weighted by Gasteiger charge is -2.17. The van der Waals surface area contributed by atoms with Crippen LogP contribution in [0.1, 0.15) is 16.8 Å². The number of benzene rings is 2. The fourth-order valence-corrected chi connectivity index (χ4v) is 3.86. The van der Waals surface area contributed by atoms with Crippen LogP contribution < -0.4 is 10.1 Å². The van der Waals surface area contributed by atoms with Gasteiger partial charge in [-0.2, -0.15) is 0 Å². The molecule has 2 aromatic carbocycles. The van der Waals surface area contributed by atoms with Gasteiger partial charge < -0.3 is 15.0 Å². The molecule has 3 aromatic rings. The summed E-state index contributed by atoms with van der Waals surface area (Å²) < 4.78 is 5.17. The van der Waals surface area contributed by atoms with Gasteiger partial charge in [0.1, 0.15) is 10.8 Å². The number of para-hydroxylation sites is 1. The highest BCUT2D eigenvalue weighted by atomic mass is 32.1. The monoisotopic (exact) mass is 423 g/mol. The Hall–Kier alpha value is -3.19. The van der Waals surface area contributed by atoms with Crippen molar-refractivity contribution in [3.8, 4) is 16.3 Å². The van der Waals surface area contributed by atoms with Crippen molar-refractivity contribution < 1.29 is 14.3 Å². The molecule has 0 atom stereocenters. The number of amides is 2. The molecule has 2 amide bonds. The number of nitrogens with zero attached hydrogens (tertiary/aromatic N) is 2. The number of rotatable bonds is 7. The first-order valence-corrected chi connectivity index (χ1v) is 10.4. The van der Waals surface area contributed by atoms with Crippen LogP contribution in [0.3, 0.4) is 0 Å². The summed E-state index contributed by atoms with van der Waals surface area (Å²) in [5.74, 6) is 0.408. The van der Waals surface area contributed by atoms with E-state index in [0.29, 0.717) is 5.69 Å². The van der Waals surface area contributed by atoms with Crippen molar-refractivity contribution in [2.24, 2.45) is 0 Å². The molecule has 0 radical (unpaired) electrons. The Morgan fingerprint density at radius 1 is 1.10 bits per heavy atom. The van der Waals surface area contributed by atoms with Gasteiger partial charge in [0.15, 0.2) is 0 Å². The summed E-state index contributed by atoms with van der Waals surface area (Å²) in [6.07, 6.45) is 0.153. The molecule has 0 bridgehead atoms. The van der Waals surface area contributed by atoms with Gasteiger partial charge in [-0.15, -0.1) is 11.3 Å². The molecule has 0 spiro atoms. The number of thiazole rings is 1. The van der Waals surface area contributed by atoms with Crippen LogP contribution in [0.2, 0.25) is 0 Å². The van der Waals surface area contributed by atoms with Crippen LogP contribution in [0, 0.1) is 13.8 Å². The van der Waals surface area contributed by atoms with Gasteiger partial charge in [0, 0.05) is 23.7 Å². The molecule has 3 rings (SSSR count). The number of likely N-dealkylation sites (N-methyl/N-ethyl adjacent to an activating group) is 1. The number of nitrogens with one attached hydrogen (secondary N) is 1. The van der Waals surface area contributed by atoms with E-state index in [4.69, 9.17) is 4.74 Å². The van der Waals surface area contributed by atoms with Crippen LogP contribution in [0.5, 0.6) is 5.75 Å². The van der Waals surface area contributed by atoms with Crippen molar-refractivity contribution >= 4 is 28.8 Å². The summed E-state index contributed by atoms with van der Waals surface area (Å²) in [7, 11) is 3.25. The van der Waals surface area contributed by atoms with Crippen LogP contribution in [0.4, 0.5) is 5.69 Å². The fourth-order valence-electron chi connectivity index (χ4n) is 3.04. The fraction of sp³-hybridized carbons (Fsp3) is 0.261. The quantitative estimate of drug-likeness (QED) is 0.622. The van der Waals surface area contributed by atoms with Gasteiger partial charge in [0.25, 0.3) is 0 Å². The molecule has 1 heterocycles. The average Bonchev–Trinajstić information content (AvgIpc) is 3.19. The third-order valence-electron chi connectivity index (χ3n) is 4.77. The van der Waals surface area contributed by atoms with Gasteiger partial charge in [0.2, 0.25) is 11.8 Å². The van der Waals surface area contributed by atoms with Crippen LogP contribution in [-0.4, -0.2) is 42.4 Å². The number of aryl methyl sites for hydroxylation is 2. The summed E-state index contributed by atoms with van der Waals surface area (Å²) in [6.45, 7) is 3.88. The molecular weight excluding hydrogens is 398 g/mol. The van der Waals surface area contributed by atoms with Crippen LogP contribution in [0.15, 0.2) is 47.8 Å². The van der Waals surface area contributed by atoms with Crippen LogP contribution in [0.25, 0.3) is 10.6 Å². The molecular formula is C23H25N3O3S. The molecule has 0 aliphatic rings. The Balaban J connectivity index is 1.57. The van der Waals surface area contributed by atoms with E-state index in [-0.39, 0.29) is 24.8 Å². The maximum Gasteiger partial charge on any atom is 0.243 e. The largest absolute Gasteiger partial charge is 0.497 e. The molecule has 0 unspecified atom stereocenters. The summed E-state index contributed by atoms with van der Waals surface area (Å²) in [4.78, 5) is 30.9. The van der Waals surface area contributed by atoms with Crippen molar-refractivity contribution in [1.29, 1.82) is 0 Å². The molecule has 1 N–H and O–H groups in total. The third kappa shape index (κ3) is 5.24. The topological polar surface area (TPSA) is 71.5 Å². The minimum atomic E-state index is -0.222. The van der Waals surface area contributed by atoms with Gasteiger partial charge in [-0.3, -0.25) is 9.59 Å². The van der Waals surface area contributed by atoms with E-state index in [1.54, 1.807) is 14.2 Å². The molecule has 0 saturated carbocycles. The second-order valence-corrected chi connectivity index (χ2v) is 7.97. The standard InChI is InChI=1S/C23H25N3O3S/c1-15-6-5-7-16(2)22(15)25-20(27)13-26(3)21(28)12-18-14-30-23(24-18)17-8-10-19(29-4)11-9-17/h5-11,14H,12-13H2,1-4H3,(H,25,27). The summed E-state index contributed by atoms with van der Waals surface area (Å²) >= 11 is 1.49. The molecule has 0 saturated heterocycles. The van der Waals surface area contributed by atoms with Crippen molar-refractivity contribution in [2.45, 2.75) is 20.3 Å². The Morgan fingerprint density at radius 2 is 1.77 bits per heavy atom. The van der Waals surface area contributed by atoms with Crippen LogP contribution >= 0.6 is 11.3 Å². The number of aromatic nitrogens is 1. The first kappa shape index (κ1) is 21.5. The SMILES string of the molecule is COc1ccc(-c2nc(CC(=O)N(C)CC(=O)Nc3c(C)cccc3C)cs2)cc1. The summed E-state index contributed by atoms with van der Waals surface area (Å²) in [6, 6.07) is 13.5. The Morgan fingerprint density at radius 3 is 2.40 bits per heavy atom. The zero-order chi connectivity index (χ0) is 21.7. The van der Waals surface area contributed by atoms with Crippen molar-refractivity contribution in [3.63, 3.8) is 0 Å². The highest BCUT2D eigenvalue weighted by Gasteiger charge is 2.16. The number of carbonyl (C=O) groups is 2. The van der Waals surface area contributed by atoms with Gasteiger partial charge in [-0.05, 0) is 49.2 Å². The smallest absolute Gasteiger partial charge is 0.243 e. The lowest BCUT2D eigenvalue weighted by atomic mass is 10.1. The van der Waals surface area contributed by atoms with Gasteiger partial charge in [0.05, 0.1) is 25.8 Å². The molecule has 0 fully saturated rings. The van der Waals surface area contributed by atoms with Crippen molar-refractivity contribution in [1.82, 2.24) is 9.88 Å². The molecule has 6 nitrogen and oxygen atoms in total. The van der Waals surface area contributed by atoms with Gasteiger partial charge in [-0.1, -0.05) is 18.2 Å². The van der Waals surface area contributed by atoms with E-state index in [0.717, 1.165) is 33.1 Å². The van der Waals surface area contributed by atoms with Gasteiger partial charge in [-0.25, -0.2) is 4.98 Å². The third-order valence-corrected chi connectivity index (χ3v) is 5.71. The predicted octanol–water partition coefficient (Wildman–Crippen LogP) is 4.08. The first-order valence-electron chi connectivity index (χ1n) is 9.56. The van der Waals surface area contributed by atoms with E-state index < -0.39 is 0 Å². The highest BCUT2D eigenvalue weighted by Crippen LogP contribution is 2.26. The maximum absolute atomic E-state index is 12.6. The van der Waals surface area contributed by atoms with Crippen LogP contribution in [-0.2, 0) is 16.0 Å². The minimum absolute atomic E-state index is 0.0118. The zero-order valence-electron chi connectivity index (χ0n) is 17.6. The summed E-state index contributed by atoms with van der Waals surface area (Å²) in [5.41, 5.74) is 4.45. The highest BCUT2D eigenvalue weighted by molar-refractivity contribution is 7.13. The van der Waals surface area contributed by atoms with Crippen molar-refractivity contribution in [2.75, 3.05) is 26.0 Å². The predicted molar refractivity (Wildman–Crippen MR) is 120 cm³/mol. The molecule has 1 aromatic heterocycles. The lowest BCUT2D eigenvalue weighted by Crippen LogP contribution is -2.36. The van der Waals surface area contributed by atoms with E-state index in [1.807, 2.05) is 61.7 Å². The average molecular weight is 424 g/mol. The molecule has 0 aliphatic carbocycles. The van der Waals surface area contributed by atoms with E-state index in [1.165, 1.54) is 16.2 Å². The molecule has 0 aliphatic heterocycles.